The van der Waals surface area contributed by atoms with Gasteiger partial charge in [-0.1, -0.05) is 6.92 Å². The van der Waals surface area contributed by atoms with E-state index in [9.17, 15) is 14.9 Å². The molecule has 1 amide bonds. The Balaban J connectivity index is 2.13. The number of nitrogens with one attached hydrogen (secondary N) is 1. The fourth-order valence-electron chi connectivity index (χ4n) is 2.35. The molecular formula is C16H19BrN4O4. The van der Waals surface area contributed by atoms with Crippen molar-refractivity contribution in [3.8, 4) is 5.75 Å². The third kappa shape index (κ3) is 4.16. The molecule has 0 radical (unpaired) electrons. The van der Waals surface area contributed by atoms with Crippen molar-refractivity contribution >= 4 is 33.2 Å². The van der Waals surface area contributed by atoms with Gasteiger partial charge >= 0.3 is 0 Å². The number of hydrogen-bond donors (Lipinski definition) is 1. The number of nitrogens with zero attached hydrogens (tertiary/aromatic N) is 3. The summed E-state index contributed by atoms with van der Waals surface area (Å²) in [5, 5.41) is 18.0. The second kappa shape index (κ2) is 7.64. The third-order valence-corrected chi connectivity index (χ3v) is 4.99. The van der Waals surface area contributed by atoms with Gasteiger partial charge in [0.25, 0.3) is 5.69 Å². The van der Waals surface area contributed by atoms with Crippen molar-refractivity contribution in [2.75, 3.05) is 12.4 Å². The van der Waals surface area contributed by atoms with Gasteiger partial charge in [-0.15, -0.1) is 0 Å². The Bertz CT molecular complexity index is 819. The number of non-ortho nitro benzene ring substituents is 1. The maximum atomic E-state index is 12.5. The zero-order chi connectivity index (χ0) is 18.7. The highest BCUT2D eigenvalue weighted by Gasteiger charge is 2.19. The molecular weight excluding hydrogens is 392 g/mol. The first-order valence-corrected chi connectivity index (χ1v) is 8.36. The standard InChI is InChI=1S/C16H19BrN4O4/c1-9(8-20-11(3)15(17)10(2)19-20)16(22)18-13-6-5-12(21(23)24)7-14(13)25-4/h5-7,9H,8H2,1-4H3,(H,18,22). The van der Waals surface area contributed by atoms with Crippen LogP contribution in [0.4, 0.5) is 11.4 Å². The number of aryl methyl sites for hydroxylation is 1. The molecule has 1 unspecified atom stereocenters. The van der Waals surface area contributed by atoms with E-state index >= 15 is 0 Å². The van der Waals surface area contributed by atoms with Gasteiger partial charge in [0.05, 0.1) is 46.4 Å². The first kappa shape index (κ1) is 18.9. The van der Waals surface area contributed by atoms with Crippen LogP contribution in [-0.4, -0.2) is 27.7 Å². The van der Waals surface area contributed by atoms with Crippen LogP contribution < -0.4 is 10.1 Å². The molecule has 2 aromatic rings. The van der Waals surface area contributed by atoms with Crippen molar-refractivity contribution in [2.24, 2.45) is 5.92 Å². The minimum atomic E-state index is -0.516. The number of nitro benzene ring substituents is 1. The largest absolute Gasteiger partial charge is 0.494 e. The Morgan fingerprint density at radius 1 is 1.48 bits per heavy atom. The number of aromatic nitrogens is 2. The smallest absolute Gasteiger partial charge is 0.273 e. The predicted octanol–water partition coefficient (Wildman–Crippen LogP) is 3.45. The van der Waals surface area contributed by atoms with Crippen LogP contribution in [0.1, 0.15) is 18.3 Å². The molecule has 25 heavy (non-hydrogen) atoms. The van der Waals surface area contributed by atoms with Gasteiger partial charge in [-0.3, -0.25) is 19.6 Å². The second-order valence-electron chi connectivity index (χ2n) is 5.70. The molecule has 1 N–H and O–H groups in total. The minimum Gasteiger partial charge on any atom is -0.494 e. The van der Waals surface area contributed by atoms with Gasteiger partial charge in [0, 0.05) is 11.8 Å². The van der Waals surface area contributed by atoms with Crippen LogP contribution in [0.15, 0.2) is 22.7 Å². The maximum absolute atomic E-state index is 12.5. The summed E-state index contributed by atoms with van der Waals surface area (Å²) in [5.41, 5.74) is 2.10. The SMILES string of the molecule is COc1cc([N+](=O)[O-])ccc1NC(=O)C(C)Cn1nc(C)c(Br)c1C. The summed E-state index contributed by atoms with van der Waals surface area (Å²) in [7, 11) is 1.39. The molecule has 0 aliphatic rings. The summed E-state index contributed by atoms with van der Waals surface area (Å²) in [4.78, 5) is 22.8. The highest BCUT2D eigenvalue weighted by molar-refractivity contribution is 9.10. The predicted molar refractivity (Wildman–Crippen MR) is 96.8 cm³/mol. The molecule has 8 nitrogen and oxygen atoms in total. The zero-order valence-corrected chi connectivity index (χ0v) is 16.0. The molecule has 134 valence electrons. The summed E-state index contributed by atoms with van der Waals surface area (Å²) >= 11 is 3.46. The van der Waals surface area contributed by atoms with E-state index in [-0.39, 0.29) is 23.3 Å². The summed E-state index contributed by atoms with van der Waals surface area (Å²) < 4.78 is 7.83. The lowest BCUT2D eigenvalue weighted by Crippen LogP contribution is -2.25. The fraction of sp³-hybridized carbons (Fsp3) is 0.375. The molecule has 9 heteroatoms. The molecule has 0 spiro atoms. The summed E-state index contributed by atoms with van der Waals surface area (Å²) in [6, 6.07) is 4.06. The van der Waals surface area contributed by atoms with Gasteiger partial charge in [-0.25, -0.2) is 0 Å². The molecule has 0 aliphatic heterocycles. The molecule has 0 aliphatic carbocycles. The minimum absolute atomic E-state index is 0.101. The Hall–Kier alpha value is -2.42. The van der Waals surface area contributed by atoms with Crippen molar-refractivity contribution < 1.29 is 14.5 Å². The number of amides is 1. The molecule has 1 aromatic carbocycles. The van der Waals surface area contributed by atoms with E-state index in [0.29, 0.717) is 12.2 Å². The lowest BCUT2D eigenvalue weighted by atomic mass is 10.1. The van der Waals surface area contributed by atoms with E-state index in [1.807, 2.05) is 13.8 Å². The molecule has 0 saturated heterocycles. The third-order valence-electron chi connectivity index (χ3n) is 3.84. The monoisotopic (exact) mass is 410 g/mol. The normalized spacial score (nSPS) is 11.9. The van der Waals surface area contributed by atoms with Crippen LogP contribution in [0.3, 0.4) is 0 Å². The topological polar surface area (TPSA) is 99.3 Å². The van der Waals surface area contributed by atoms with E-state index in [1.165, 1.54) is 25.3 Å². The average molecular weight is 411 g/mol. The van der Waals surface area contributed by atoms with Crippen molar-refractivity contribution in [1.82, 2.24) is 9.78 Å². The lowest BCUT2D eigenvalue weighted by Gasteiger charge is -2.15. The van der Waals surface area contributed by atoms with Gasteiger partial charge < -0.3 is 10.1 Å². The van der Waals surface area contributed by atoms with Gasteiger partial charge in [0.15, 0.2) is 0 Å². The zero-order valence-electron chi connectivity index (χ0n) is 14.4. The highest BCUT2D eigenvalue weighted by Crippen LogP contribution is 2.29. The Kier molecular flexibility index (Phi) is 5.78. The molecule has 1 heterocycles. The van der Waals surface area contributed by atoms with Crippen LogP contribution >= 0.6 is 15.9 Å². The van der Waals surface area contributed by atoms with Crippen molar-refractivity contribution in [2.45, 2.75) is 27.3 Å². The number of anilines is 1. The van der Waals surface area contributed by atoms with Crippen LogP contribution in [0.25, 0.3) is 0 Å². The van der Waals surface area contributed by atoms with Crippen molar-refractivity contribution in [3.05, 3.63) is 44.2 Å². The lowest BCUT2D eigenvalue weighted by molar-refractivity contribution is -0.384. The molecule has 1 aromatic heterocycles. The number of rotatable bonds is 6. The van der Waals surface area contributed by atoms with E-state index in [2.05, 4.69) is 26.3 Å². The number of methoxy groups -OCH3 is 1. The molecule has 1 atom stereocenters. The van der Waals surface area contributed by atoms with E-state index in [1.54, 1.807) is 11.6 Å². The van der Waals surface area contributed by atoms with Gasteiger partial charge in [0.2, 0.25) is 5.91 Å². The number of hydrogen-bond acceptors (Lipinski definition) is 5. The summed E-state index contributed by atoms with van der Waals surface area (Å²) in [5.74, 6) is -0.343. The fourth-order valence-corrected chi connectivity index (χ4v) is 2.63. The van der Waals surface area contributed by atoms with Crippen LogP contribution in [0.2, 0.25) is 0 Å². The first-order chi connectivity index (χ1) is 11.7. The molecule has 0 saturated carbocycles. The highest BCUT2D eigenvalue weighted by atomic mass is 79.9. The van der Waals surface area contributed by atoms with Gasteiger partial charge in [-0.05, 0) is 35.8 Å². The van der Waals surface area contributed by atoms with Crippen molar-refractivity contribution in [1.29, 1.82) is 0 Å². The number of ether oxygens (including phenoxy) is 1. The maximum Gasteiger partial charge on any atom is 0.273 e. The summed E-state index contributed by atoms with van der Waals surface area (Å²) in [6.07, 6.45) is 0. The van der Waals surface area contributed by atoms with E-state index < -0.39 is 4.92 Å². The number of benzene rings is 1. The van der Waals surface area contributed by atoms with Crippen LogP contribution in [0, 0.1) is 29.9 Å². The van der Waals surface area contributed by atoms with Gasteiger partial charge in [0.1, 0.15) is 5.75 Å². The first-order valence-electron chi connectivity index (χ1n) is 7.57. The summed E-state index contributed by atoms with van der Waals surface area (Å²) in [6.45, 7) is 6.02. The second-order valence-corrected chi connectivity index (χ2v) is 6.49. The van der Waals surface area contributed by atoms with Crippen LogP contribution in [-0.2, 0) is 11.3 Å². The molecule has 2 rings (SSSR count). The number of carbonyl (C=O) groups is 1. The van der Waals surface area contributed by atoms with Gasteiger partial charge in [-0.2, -0.15) is 5.10 Å². The quantitative estimate of drug-likeness (QED) is 0.580. The van der Waals surface area contributed by atoms with Crippen LogP contribution in [0.5, 0.6) is 5.75 Å². The average Bonchev–Trinajstić information content (AvgIpc) is 2.81. The van der Waals surface area contributed by atoms with E-state index in [0.717, 1.165) is 15.9 Å². The van der Waals surface area contributed by atoms with E-state index in [4.69, 9.17) is 4.74 Å². The Morgan fingerprint density at radius 3 is 2.68 bits per heavy atom. The number of carbonyl (C=O) groups excluding carboxylic acids is 1. The molecule has 0 bridgehead atoms. The molecule has 0 fully saturated rings. The number of nitro groups is 1. The van der Waals surface area contributed by atoms with Crippen molar-refractivity contribution in [3.63, 3.8) is 0 Å². The Morgan fingerprint density at radius 2 is 2.16 bits per heavy atom. The number of halogens is 1. The Labute approximate surface area is 153 Å².